The maximum Gasteiger partial charge on any atom is 0.416 e. The highest BCUT2D eigenvalue weighted by atomic mass is 19.4. The third kappa shape index (κ3) is 2.44. The molecule has 0 bridgehead atoms. The Bertz CT molecular complexity index is 621. The Morgan fingerprint density at radius 2 is 1.86 bits per heavy atom. The summed E-state index contributed by atoms with van der Waals surface area (Å²) in [6, 6.07) is 4.18. The highest BCUT2D eigenvalue weighted by Crippen LogP contribution is 2.36. The molecule has 1 heterocycles. The summed E-state index contributed by atoms with van der Waals surface area (Å²) < 4.78 is 38.1. The van der Waals surface area contributed by atoms with E-state index in [-0.39, 0.29) is 18.0 Å². The molecule has 118 valence electrons. The summed E-state index contributed by atoms with van der Waals surface area (Å²) >= 11 is 0. The minimum Gasteiger partial charge on any atom is -0.323 e. The summed E-state index contributed by atoms with van der Waals surface area (Å²) in [7, 11) is 0. The zero-order valence-corrected chi connectivity index (χ0v) is 11.7. The standard InChI is InChI=1S/C15H15F3N2O2/c16-15(17,18)11-5-3-4-10(8-11)9-20-12(21)14(19-13(20)22)6-1-2-7-14/h3-5,8H,1-2,6-7,9H2,(H,19,22). The van der Waals surface area contributed by atoms with Crippen LogP contribution in [0.15, 0.2) is 24.3 Å². The lowest BCUT2D eigenvalue weighted by atomic mass is 9.98. The normalized spacial score (nSPS) is 20.8. The molecule has 22 heavy (non-hydrogen) atoms. The van der Waals surface area contributed by atoms with E-state index in [1.54, 1.807) is 0 Å². The van der Waals surface area contributed by atoms with E-state index in [0.717, 1.165) is 29.9 Å². The predicted molar refractivity (Wildman–Crippen MR) is 71.7 cm³/mol. The largest absolute Gasteiger partial charge is 0.416 e. The highest BCUT2D eigenvalue weighted by Gasteiger charge is 2.52. The Morgan fingerprint density at radius 1 is 1.18 bits per heavy atom. The van der Waals surface area contributed by atoms with Crippen LogP contribution in [0.25, 0.3) is 0 Å². The smallest absolute Gasteiger partial charge is 0.323 e. The van der Waals surface area contributed by atoms with E-state index in [4.69, 9.17) is 0 Å². The molecule has 2 aliphatic rings. The molecular formula is C15H15F3N2O2. The summed E-state index contributed by atoms with van der Waals surface area (Å²) in [4.78, 5) is 25.5. The summed E-state index contributed by atoms with van der Waals surface area (Å²) in [6.07, 6.45) is -1.53. The minimum atomic E-state index is -4.44. The van der Waals surface area contributed by atoms with Crippen LogP contribution in [-0.2, 0) is 17.5 Å². The molecule has 2 fully saturated rings. The number of imide groups is 1. The topological polar surface area (TPSA) is 49.4 Å². The number of rotatable bonds is 2. The van der Waals surface area contributed by atoms with Gasteiger partial charge >= 0.3 is 12.2 Å². The van der Waals surface area contributed by atoms with Gasteiger partial charge in [0, 0.05) is 0 Å². The van der Waals surface area contributed by atoms with Crippen molar-refractivity contribution in [2.24, 2.45) is 0 Å². The van der Waals surface area contributed by atoms with Gasteiger partial charge in [0.1, 0.15) is 5.54 Å². The summed E-state index contributed by atoms with van der Waals surface area (Å²) in [6.45, 7) is -0.143. The molecule has 1 aromatic rings. The van der Waals surface area contributed by atoms with Crippen molar-refractivity contribution in [1.82, 2.24) is 10.2 Å². The predicted octanol–water partition coefficient (Wildman–Crippen LogP) is 3.07. The first kappa shape index (κ1) is 14.9. The van der Waals surface area contributed by atoms with Crippen molar-refractivity contribution in [2.75, 3.05) is 0 Å². The first-order valence-electron chi connectivity index (χ1n) is 7.12. The minimum absolute atomic E-state index is 0.143. The van der Waals surface area contributed by atoms with Crippen LogP contribution in [0.5, 0.6) is 0 Å². The molecule has 0 aromatic heterocycles. The van der Waals surface area contributed by atoms with Gasteiger partial charge in [0.15, 0.2) is 0 Å². The molecule has 1 N–H and O–H groups in total. The Morgan fingerprint density at radius 3 is 2.50 bits per heavy atom. The lowest BCUT2D eigenvalue weighted by Gasteiger charge is -2.20. The van der Waals surface area contributed by atoms with Crippen molar-refractivity contribution < 1.29 is 22.8 Å². The number of hydrogen-bond donors (Lipinski definition) is 1. The number of benzene rings is 1. The maximum absolute atomic E-state index is 12.7. The second-order valence-electron chi connectivity index (χ2n) is 5.81. The molecule has 3 rings (SSSR count). The van der Waals surface area contributed by atoms with Crippen molar-refractivity contribution in [3.8, 4) is 0 Å². The number of amides is 3. The van der Waals surface area contributed by atoms with Crippen LogP contribution in [0.2, 0.25) is 0 Å². The van der Waals surface area contributed by atoms with Crippen molar-refractivity contribution in [3.05, 3.63) is 35.4 Å². The number of carbonyl (C=O) groups is 2. The third-order valence-corrected chi connectivity index (χ3v) is 4.30. The fourth-order valence-electron chi connectivity index (χ4n) is 3.17. The van der Waals surface area contributed by atoms with Gasteiger partial charge in [0.2, 0.25) is 0 Å². The lowest BCUT2D eigenvalue weighted by molar-refractivity contribution is -0.137. The molecule has 1 aliphatic heterocycles. The van der Waals surface area contributed by atoms with Gasteiger partial charge in [0.05, 0.1) is 12.1 Å². The molecule has 1 aromatic carbocycles. The van der Waals surface area contributed by atoms with Crippen LogP contribution in [0.3, 0.4) is 0 Å². The first-order chi connectivity index (χ1) is 10.3. The zero-order valence-electron chi connectivity index (χ0n) is 11.7. The highest BCUT2D eigenvalue weighted by molar-refractivity contribution is 6.07. The van der Waals surface area contributed by atoms with Crippen molar-refractivity contribution >= 4 is 11.9 Å². The molecule has 7 heteroatoms. The number of nitrogens with zero attached hydrogens (tertiary/aromatic N) is 1. The molecule has 4 nitrogen and oxygen atoms in total. The Kier molecular flexibility index (Phi) is 3.38. The van der Waals surface area contributed by atoms with Gasteiger partial charge in [-0.3, -0.25) is 9.69 Å². The SMILES string of the molecule is O=C1NC2(CCCC2)C(=O)N1Cc1cccc(C(F)(F)F)c1. The molecule has 0 radical (unpaired) electrons. The fraction of sp³-hybridized carbons (Fsp3) is 0.467. The molecule has 0 unspecified atom stereocenters. The van der Waals surface area contributed by atoms with Gasteiger partial charge in [0.25, 0.3) is 5.91 Å². The summed E-state index contributed by atoms with van der Waals surface area (Å²) in [5.74, 6) is -0.326. The van der Waals surface area contributed by atoms with Gasteiger partial charge in [-0.05, 0) is 30.5 Å². The van der Waals surface area contributed by atoms with Crippen molar-refractivity contribution in [2.45, 2.75) is 43.9 Å². The van der Waals surface area contributed by atoms with E-state index in [2.05, 4.69) is 5.32 Å². The van der Waals surface area contributed by atoms with Gasteiger partial charge in [-0.25, -0.2) is 4.79 Å². The zero-order chi connectivity index (χ0) is 16.0. The van der Waals surface area contributed by atoms with E-state index >= 15 is 0 Å². The Labute approximate surface area is 125 Å². The third-order valence-electron chi connectivity index (χ3n) is 4.30. The molecule has 1 spiro atoms. The maximum atomic E-state index is 12.7. The monoisotopic (exact) mass is 312 g/mol. The average molecular weight is 312 g/mol. The average Bonchev–Trinajstić information content (AvgIpc) is 3.00. The quantitative estimate of drug-likeness (QED) is 0.853. The molecule has 1 saturated carbocycles. The van der Waals surface area contributed by atoms with Crippen LogP contribution in [0.1, 0.15) is 36.8 Å². The number of carbonyl (C=O) groups excluding carboxylic acids is 2. The number of urea groups is 1. The summed E-state index contributed by atoms with van der Waals surface area (Å²) in [5.41, 5.74) is -1.33. The second kappa shape index (κ2) is 5.00. The number of hydrogen-bond acceptors (Lipinski definition) is 2. The van der Waals surface area contributed by atoms with E-state index in [1.807, 2.05) is 0 Å². The van der Waals surface area contributed by atoms with Crippen LogP contribution in [0, 0.1) is 0 Å². The molecule has 3 amide bonds. The van der Waals surface area contributed by atoms with Crippen LogP contribution in [-0.4, -0.2) is 22.4 Å². The van der Waals surface area contributed by atoms with Gasteiger partial charge in [-0.1, -0.05) is 25.0 Å². The summed E-state index contributed by atoms with van der Waals surface area (Å²) in [5, 5.41) is 2.71. The number of alkyl halides is 3. The van der Waals surface area contributed by atoms with Gasteiger partial charge in [-0.2, -0.15) is 13.2 Å². The van der Waals surface area contributed by atoms with E-state index in [1.165, 1.54) is 12.1 Å². The van der Waals surface area contributed by atoms with Crippen LogP contribution < -0.4 is 5.32 Å². The molecule has 0 atom stereocenters. The van der Waals surface area contributed by atoms with E-state index in [0.29, 0.717) is 12.8 Å². The van der Waals surface area contributed by atoms with Crippen LogP contribution >= 0.6 is 0 Å². The fourth-order valence-corrected chi connectivity index (χ4v) is 3.17. The van der Waals surface area contributed by atoms with E-state index in [9.17, 15) is 22.8 Å². The second-order valence-corrected chi connectivity index (χ2v) is 5.81. The molecular weight excluding hydrogens is 297 g/mol. The number of halogens is 3. The van der Waals surface area contributed by atoms with Gasteiger partial charge < -0.3 is 5.32 Å². The van der Waals surface area contributed by atoms with E-state index < -0.39 is 23.3 Å². The lowest BCUT2D eigenvalue weighted by Crippen LogP contribution is -2.44. The van der Waals surface area contributed by atoms with Gasteiger partial charge in [-0.15, -0.1) is 0 Å². The Balaban J connectivity index is 1.82. The molecule has 1 saturated heterocycles. The first-order valence-corrected chi connectivity index (χ1v) is 7.12. The van der Waals surface area contributed by atoms with Crippen LogP contribution in [0.4, 0.5) is 18.0 Å². The van der Waals surface area contributed by atoms with Crippen molar-refractivity contribution in [1.29, 1.82) is 0 Å². The van der Waals surface area contributed by atoms with Crippen molar-refractivity contribution in [3.63, 3.8) is 0 Å². The molecule has 1 aliphatic carbocycles. The Hall–Kier alpha value is -2.05. The number of nitrogens with one attached hydrogen (secondary N) is 1.